The second-order valence-electron chi connectivity index (χ2n) is 4.56. The number of aromatic nitrogens is 1. The lowest BCUT2D eigenvalue weighted by atomic mass is 10.0. The smallest absolute Gasteiger partial charge is 0.0375 e. The Hall–Kier alpha value is -0.890. The van der Waals surface area contributed by atoms with Crippen molar-refractivity contribution in [1.82, 2.24) is 4.98 Å². The van der Waals surface area contributed by atoms with Gasteiger partial charge in [-0.1, -0.05) is 13.8 Å². The van der Waals surface area contributed by atoms with Gasteiger partial charge in [0.1, 0.15) is 0 Å². The lowest BCUT2D eigenvalue weighted by Gasteiger charge is -2.02. The lowest BCUT2D eigenvalue weighted by Crippen LogP contribution is -2.06. The van der Waals surface area contributed by atoms with Gasteiger partial charge in [-0.25, -0.2) is 0 Å². The fourth-order valence-electron chi connectivity index (χ4n) is 2.08. The maximum atomic E-state index is 6.01. The normalized spacial score (nSPS) is 30.2. The molecule has 0 saturated heterocycles. The van der Waals surface area contributed by atoms with Crippen molar-refractivity contribution in [2.75, 3.05) is 0 Å². The zero-order valence-corrected chi connectivity index (χ0v) is 8.41. The minimum Gasteiger partial charge on any atom is -0.327 e. The summed E-state index contributed by atoms with van der Waals surface area (Å²) in [5, 5.41) is 0. The molecule has 1 aliphatic carbocycles. The first kappa shape index (κ1) is 8.70. The molecule has 0 aliphatic heterocycles. The molecule has 1 heterocycles. The van der Waals surface area contributed by atoms with Gasteiger partial charge in [0.15, 0.2) is 0 Å². The van der Waals surface area contributed by atoms with Gasteiger partial charge in [-0.2, -0.15) is 0 Å². The third-order valence-corrected chi connectivity index (χ3v) is 3.19. The fourth-order valence-corrected chi connectivity index (χ4v) is 2.08. The van der Waals surface area contributed by atoms with Crippen LogP contribution in [0, 0.1) is 12.3 Å². The molecule has 1 aromatic rings. The summed E-state index contributed by atoms with van der Waals surface area (Å²) < 4.78 is 0. The highest BCUT2D eigenvalue weighted by atomic mass is 14.8. The van der Waals surface area contributed by atoms with Crippen molar-refractivity contribution >= 4 is 0 Å². The van der Waals surface area contributed by atoms with Crippen LogP contribution in [0.25, 0.3) is 0 Å². The Bertz CT molecular complexity index is 331. The molecule has 1 fully saturated rings. The van der Waals surface area contributed by atoms with Gasteiger partial charge in [-0.05, 0) is 30.0 Å². The van der Waals surface area contributed by atoms with Crippen LogP contribution in [0.1, 0.15) is 31.0 Å². The van der Waals surface area contributed by atoms with Crippen molar-refractivity contribution in [2.45, 2.75) is 32.7 Å². The van der Waals surface area contributed by atoms with E-state index in [2.05, 4.69) is 31.0 Å². The van der Waals surface area contributed by atoms with Crippen LogP contribution in [-0.4, -0.2) is 11.0 Å². The molecule has 0 aromatic carbocycles. The second-order valence-corrected chi connectivity index (χ2v) is 4.56. The van der Waals surface area contributed by atoms with E-state index in [0.717, 1.165) is 5.69 Å². The molecule has 70 valence electrons. The number of pyridine rings is 1. The van der Waals surface area contributed by atoms with Crippen LogP contribution in [0.4, 0.5) is 0 Å². The molecular formula is C11H16N2. The van der Waals surface area contributed by atoms with Gasteiger partial charge in [0.05, 0.1) is 0 Å². The molecule has 13 heavy (non-hydrogen) atoms. The number of hydrogen-bond acceptors (Lipinski definition) is 2. The number of hydrogen-bond donors (Lipinski definition) is 1. The molecular weight excluding hydrogens is 160 g/mol. The van der Waals surface area contributed by atoms with Crippen LogP contribution in [0.2, 0.25) is 0 Å². The molecule has 2 N–H and O–H groups in total. The van der Waals surface area contributed by atoms with E-state index < -0.39 is 0 Å². The lowest BCUT2D eigenvalue weighted by molar-refractivity contribution is 0.599. The number of nitrogens with two attached hydrogens (primary N) is 1. The first-order chi connectivity index (χ1) is 6.03. The van der Waals surface area contributed by atoms with Crippen molar-refractivity contribution < 1.29 is 0 Å². The summed E-state index contributed by atoms with van der Waals surface area (Å²) in [6.07, 6.45) is 1.87. The largest absolute Gasteiger partial charge is 0.327 e. The summed E-state index contributed by atoms with van der Waals surface area (Å²) in [7, 11) is 0. The molecule has 0 bridgehead atoms. The Labute approximate surface area is 79.2 Å². The van der Waals surface area contributed by atoms with Gasteiger partial charge in [0.25, 0.3) is 0 Å². The quantitative estimate of drug-likeness (QED) is 0.709. The average molecular weight is 176 g/mol. The minimum absolute atomic E-state index is 0.272. The van der Waals surface area contributed by atoms with Crippen LogP contribution < -0.4 is 5.73 Å². The van der Waals surface area contributed by atoms with E-state index >= 15 is 0 Å². The zero-order valence-electron chi connectivity index (χ0n) is 8.41. The molecule has 1 aliphatic rings. The number of aryl methyl sites for hydroxylation is 1. The average Bonchev–Trinajstić information content (AvgIpc) is 2.51. The molecule has 0 radical (unpaired) electrons. The van der Waals surface area contributed by atoms with Gasteiger partial charge < -0.3 is 5.73 Å². The van der Waals surface area contributed by atoms with Crippen molar-refractivity contribution in [1.29, 1.82) is 0 Å². The van der Waals surface area contributed by atoms with Gasteiger partial charge >= 0.3 is 0 Å². The van der Waals surface area contributed by atoms with E-state index in [1.807, 2.05) is 13.1 Å². The van der Waals surface area contributed by atoms with E-state index in [1.54, 1.807) is 0 Å². The van der Waals surface area contributed by atoms with Crippen LogP contribution in [0.3, 0.4) is 0 Å². The predicted octanol–water partition coefficient (Wildman–Crippen LogP) is 1.84. The van der Waals surface area contributed by atoms with Crippen LogP contribution in [0.15, 0.2) is 18.3 Å². The molecule has 1 saturated carbocycles. The predicted molar refractivity (Wildman–Crippen MR) is 53.5 cm³/mol. The summed E-state index contributed by atoms with van der Waals surface area (Å²) in [5.41, 5.74) is 8.69. The van der Waals surface area contributed by atoms with Crippen molar-refractivity contribution in [2.24, 2.45) is 11.1 Å². The van der Waals surface area contributed by atoms with Crippen LogP contribution in [-0.2, 0) is 0 Å². The molecule has 2 rings (SSSR count). The maximum absolute atomic E-state index is 6.01. The van der Waals surface area contributed by atoms with E-state index in [0.29, 0.717) is 12.0 Å². The Morgan fingerprint density at radius 2 is 2.08 bits per heavy atom. The SMILES string of the molecule is Cc1cc([C@@H]2[C@@H](N)C2(C)C)ccn1. The zero-order chi connectivity index (χ0) is 9.64. The first-order valence-electron chi connectivity index (χ1n) is 4.71. The van der Waals surface area contributed by atoms with E-state index in [1.165, 1.54) is 5.56 Å². The summed E-state index contributed by atoms with van der Waals surface area (Å²) in [5.74, 6) is 0.522. The summed E-state index contributed by atoms with van der Waals surface area (Å²) in [6.45, 7) is 6.46. The number of nitrogens with zero attached hydrogens (tertiary/aromatic N) is 1. The molecule has 1 aromatic heterocycles. The van der Waals surface area contributed by atoms with Gasteiger partial charge in [-0.3, -0.25) is 4.98 Å². The maximum Gasteiger partial charge on any atom is 0.0375 e. The molecule has 0 unspecified atom stereocenters. The van der Waals surface area contributed by atoms with Gasteiger partial charge in [-0.15, -0.1) is 0 Å². The Morgan fingerprint density at radius 3 is 2.54 bits per heavy atom. The topological polar surface area (TPSA) is 38.9 Å². The Balaban J connectivity index is 2.29. The molecule has 2 nitrogen and oxygen atoms in total. The van der Waals surface area contributed by atoms with E-state index in [9.17, 15) is 0 Å². The minimum atomic E-state index is 0.272. The summed E-state index contributed by atoms with van der Waals surface area (Å²) in [6, 6.07) is 4.53. The monoisotopic (exact) mass is 176 g/mol. The van der Waals surface area contributed by atoms with Crippen molar-refractivity contribution in [3.05, 3.63) is 29.6 Å². The first-order valence-corrected chi connectivity index (χ1v) is 4.71. The van der Waals surface area contributed by atoms with E-state index in [-0.39, 0.29) is 5.41 Å². The highest BCUT2D eigenvalue weighted by Crippen LogP contribution is 2.57. The third-order valence-electron chi connectivity index (χ3n) is 3.19. The molecule has 0 spiro atoms. The summed E-state index contributed by atoms with van der Waals surface area (Å²) >= 11 is 0. The molecule has 0 amide bonds. The van der Waals surface area contributed by atoms with Crippen LogP contribution >= 0.6 is 0 Å². The number of rotatable bonds is 1. The highest BCUT2D eigenvalue weighted by Gasteiger charge is 2.56. The van der Waals surface area contributed by atoms with Gasteiger partial charge in [0.2, 0.25) is 0 Å². The summed E-state index contributed by atoms with van der Waals surface area (Å²) in [4.78, 5) is 4.18. The molecule has 2 atom stereocenters. The van der Waals surface area contributed by atoms with Crippen LogP contribution in [0.5, 0.6) is 0 Å². The molecule has 2 heteroatoms. The fraction of sp³-hybridized carbons (Fsp3) is 0.545. The Kier molecular flexibility index (Phi) is 1.70. The third kappa shape index (κ3) is 1.25. The highest BCUT2D eigenvalue weighted by molar-refractivity contribution is 5.33. The Morgan fingerprint density at radius 1 is 1.46 bits per heavy atom. The van der Waals surface area contributed by atoms with E-state index in [4.69, 9.17) is 5.73 Å². The standard InChI is InChI=1S/C11H16N2/c1-7-6-8(4-5-13-7)9-10(12)11(9,2)3/h4-6,9-10H,12H2,1-3H3/t9-,10-/m1/s1. The second kappa shape index (κ2) is 2.55. The van der Waals surface area contributed by atoms with Crippen molar-refractivity contribution in [3.8, 4) is 0 Å². The van der Waals surface area contributed by atoms with Gasteiger partial charge in [0, 0.05) is 23.9 Å². The van der Waals surface area contributed by atoms with Crippen molar-refractivity contribution in [3.63, 3.8) is 0 Å².